The summed E-state index contributed by atoms with van der Waals surface area (Å²) >= 11 is 0. The Morgan fingerprint density at radius 3 is 2.76 bits per heavy atom. The lowest BCUT2D eigenvalue weighted by molar-refractivity contribution is 0.0940. The average molecular weight is 492 g/mol. The molecule has 3 aromatic rings. The Bertz CT molecular complexity index is 1200. The molecule has 3 N–H and O–H groups in total. The van der Waals surface area contributed by atoms with Crippen LogP contribution in [-0.4, -0.2) is 46.1 Å². The first-order valence-corrected chi connectivity index (χ1v) is 11.3. The van der Waals surface area contributed by atoms with Gasteiger partial charge in [-0.2, -0.15) is 0 Å². The van der Waals surface area contributed by atoms with Gasteiger partial charge < -0.3 is 20.4 Å². The van der Waals surface area contributed by atoms with Crippen molar-refractivity contribution in [2.24, 2.45) is 5.92 Å². The largest absolute Gasteiger partial charge is 0.493 e. The maximum atomic E-state index is 13.5. The summed E-state index contributed by atoms with van der Waals surface area (Å²) in [5.41, 5.74) is 2.87. The number of rotatable bonds is 7. The Morgan fingerprint density at radius 1 is 1.29 bits per heavy atom. The second-order valence-corrected chi connectivity index (χ2v) is 9.10. The van der Waals surface area contributed by atoms with Crippen molar-refractivity contribution >= 4 is 29.3 Å². The number of halogens is 3. The van der Waals surface area contributed by atoms with Gasteiger partial charge in [0.2, 0.25) is 0 Å². The molecule has 0 spiro atoms. The van der Waals surface area contributed by atoms with Crippen molar-refractivity contribution < 1.29 is 18.3 Å². The number of hydrogen-bond donors (Lipinski definition) is 3. The zero-order valence-electron chi connectivity index (χ0n) is 19.0. The zero-order valence-corrected chi connectivity index (χ0v) is 19.8. The molecule has 182 valence electrons. The minimum absolute atomic E-state index is 0. The van der Waals surface area contributed by atoms with Crippen LogP contribution < -0.4 is 15.4 Å². The third-order valence-electron chi connectivity index (χ3n) is 6.37. The molecule has 1 amide bonds. The van der Waals surface area contributed by atoms with Gasteiger partial charge in [0.25, 0.3) is 12.3 Å². The van der Waals surface area contributed by atoms with Gasteiger partial charge in [-0.3, -0.25) is 4.79 Å². The first-order chi connectivity index (χ1) is 15.9. The van der Waals surface area contributed by atoms with Crippen LogP contribution in [0.25, 0.3) is 22.3 Å². The molecule has 2 fully saturated rings. The fraction of sp³-hybridized carbons (Fsp3) is 0.458. The number of aryl methyl sites for hydroxylation is 1. The predicted octanol–water partition coefficient (Wildman–Crippen LogP) is 4.56. The number of aromatic amines is 1. The lowest BCUT2D eigenvalue weighted by atomic mass is 10.0. The van der Waals surface area contributed by atoms with Gasteiger partial charge in [0.05, 0.1) is 17.7 Å². The van der Waals surface area contributed by atoms with Gasteiger partial charge in [-0.15, -0.1) is 12.4 Å². The van der Waals surface area contributed by atoms with Crippen LogP contribution in [0.4, 0.5) is 8.78 Å². The summed E-state index contributed by atoms with van der Waals surface area (Å²) < 4.78 is 33.0. The number of ether oxygens (including phenoxy) is 1. The van der Waals surface area contributed by atoms with Crippen molar-refractivity contribution in [1.82, 2.24) is 25.6 Å². The normalized spacial score (nSPS) is 19.9. The highest BCUT2D eigenvalue weighted by molar-refractivity contribution is 6.09. The van der Waals surface area contributed by atoms with Crippen LogP contribution in [-0.2, 0) is 0 Å². The van der Waals surface area contributed by atoms with Crippen LogP contribution in [0.1, 0.15) is 54.2 Å². The van der Waals surface area contributed by atoms with E-state index in [9.17, 15) is 13.6 Å². The number of amides is 1. The van der Waals surface area contributed by atoms with E-state index < -0.39 is 6.43 Å². The van der Waals surface area contributed by atoms with E-state index in [-0.39, 0.29) is 29.9 Å². The van der Waals surface area contributed by atoms with E-state index in [4.69, 9.17) is 4.74 Å². The van der Waals surface area contributed by atoms with E-state index >= 15 is 0 Å². The molecule has 3 heterocycles. The zero-order chi connectivity index (χ0) is 23.1. The van der Waals surface area contributed by atoms with Crippen LogP contribution in [0.15, 0.2) is 24.5 Å². The molecule has 0 bridgehead atoms. The number of aromatic nitrogens is 3. The van der Waals surface area contributed by atoms with Crippen molar-refractivity contribution in [2.45, 2.75) is 51.6 Å². The number of hydrogen-bond acceptors (Lipinski definition) is 5. The van der Waals surface area contributed by atoms with E-state index in [0.29, 0.717) is 57.9 Å². The Balaban J connectivity index is 0.00000274. The van der Waals surface area contributed by atoms with Gasteiger partial charge >= 0.3 is 0 Å². The second-order valence-electron chi connectivity index (χ2n) is 9.10. The Labute approximate surface area is 202 Å². The van der Waals surface area contributed by atoms with Crippen LogP contribution in [0, 0.1) is 12.8 Å². The minimum Gasteiger partial charge on any atom is -0.493 e. The van der Waals surface area contributed by atoms with Gasteiger partial charge in [0.15, 0.2) is 0 Å². The number of carbonyl (C=O) groups excluding carboxylic acids is 1. The van der Waals surface area contributed by atoms with E-state index in [1.807, 2.05) is 0 Å². The minimum atomic E-state index is -2.62. The Kier molecular flexibility index (Phi) is 7.04. The number of fused-ring (bicyclic) bond motifs is 1. The lowest BCUT2D eigenvalue weighted by Gasteiger charge is -2.13. The van der Waals surface area contributed by atoms with Crippen LogP contribution in [0.2, 0.25) is 0 Å². The molecule has 1 aromatic carbocycles. The molecule has 0 radical (unpaired) electrons. The standard InChI is InChI=1S/C24H27F2N5O2.ClH/c1-12-7-16(9-27-12)31-24(32)19-13(2)30-22-20(28-11-29-21(19)22)17-8-15(23(25)26)5-6-18(17)33-10-14-3-4-14;/h5-6,8,11-12,14,16,23,27,30H,3-4,7,9-10H2,1-2H3,(H,31,32);1H/t12-,16-;/m0./s1. The number of carbonyl (C=O) groups is 1. The number of H-pyrrole nitrogens is 1. The van der Waals surface area contributed by atoms with Gasteiger partial charge in [-0.05, 0) is 57.2 Å². The molecular weight excluding hydrogens is 464 g/mol. The third kappa shape index (κ3) is 4.86. The summed E-state index contributed by atoms with van der Waals surface area (Å²) in [5.74, 6) is 0.792. The summed E-state index contributed by atoms with van der Waals surface area (Å²) in [6.45, 7) is 5.14. The molecule has 2 atom stereocenters. The quantitative estimate of drug-likeness (QED) is 0.450. The van der Waals surface area contributed by atoms with Gasteiger partial charge in [-0.25, -0.2) is 18.7 Å². The smallest absolute Gasteiger partial charge is 0.263 e. The summed E-state index contributed by atoms with van der Waals surface area (Å²) in [6, 6.07) is 4.76. The molecular formula is C24H28ClF2N5O2. The molecule has 2 aliphatic rings. The molecule has 1 aliphatic heterocycles. The van der Waals surface area contributed by atoms with E-state index in [1.165, 1.54) is 18.5 Å². The first-order valence-electron chi connectivity index (χ1n) is 11.3. The van der Waals surface area contributed by atoms with Gasteiger partial charge in [-0.1, -0.05) is 0 Å². The van der Waals surface area contributed by atoms with E-state index in [2.05, 4.69) is 32.5 Å². The molecule has 1 saturated carbocycles. The van der Waals surface area contributed by atoms with Gasteiger partial charge in [0, 0.05) is 35.4 Å². The van der Waals surface area contributed by atoms with Crippen molar-refractivity contribution in [1.29, 1.82) is 0 Å². The molecule has 2 aromatic heterocycles. The van der Waals surface area contributed by atoms with Gasteiger partial charge in [0.1, 0.15) is 23.3 Å². The molecule has 5 rings (SSSR count). The van der Waals surface area contributed by atoms with Crippen molar-refractivity contribution in [3.63, 3.8) is 0 Å². The molecule has 0 unspecified atom stereocenters. The molecule has 1 saturated heterocycles. The maximum absolute atomic E-state index is 13.5. The molecule has 1 aliphatic carbocycles. The number of nitrogens with one attached hydrogen (secondary N) is 3. The highest BCUT2D eigenvalue weighted by Gasteiger charge is 2.27. The van der Waals surface area contributed by atoms with Crippen molar-refractivity contribution in [2.75, 3.05) is 13.2 Å². The SMILES string of the molecule is Cc1[nH]c2c(-c3cc(C(F)F)ccc3OCC3CC3)ncnc2c1C(=O)N[C@@H]1CN[C@@H](C)C1.Cl. The lowest BCUT2D eigenvalue weighted by Crippen LogP contribution is -2.36. The third-order valence-corrected chi connectivity index (χ3v) is 6.37. The second kappa shape index (κ2) is 9.84. The van der Waals surface area contributed by atoms with Crippen LogP contribution in [0.5, 0.6) is 5.75 Å². The van der Waals surface area contributed by atoms with Crippen molar-refractivity contribution in [3.05, 3.63) is 41.3 Å². The molecule has 10 heteroatoms. The first kappa shape index (κ1) is 24.3. The van der Waals surface area contributed by atoms with Crippen molar-refractivity contribution in [3.8, 4) is 17.0 Å². The van der Waals surface area contributed by atoms with Crippen LogP contribution in [0.3, 0.4) is 0 Å². The number of alkyl halides is 2. The monoisotopic (exact) mass is 491 g/mol. The Hall–Kier alpha value is -2.78. The summed E-state index contributed by atoms with van der Waals surface area (Å²) in [6.07, 6.45) is 1.83. The average Bonchev–Trinajstić information content (AvgIpc) is 3.43. The summed E-state index contributed by atoms with van der Waals surface area (Å²) in [7, 11) is 0. The van der Waals surface area contributed by atoms with E-state index in [1.54, 1.807) is 13.0 Å². The summed E-state index contributed by atoms with van der Waals surface area (Å²) in [4.78, 5) is 25.1. The Morgan fingerprint density at radius 2 is 2.09 bits per heavy atom. The maximum Gasteiger partial charge on any atom is 0.263 e. The molecule has 7 nitrogen and oxygen atoms in total. The highest BCUT2D eigenvalue weighted by atomic mass is 35.5. The van der Waals surface area contributed by atoms with E-state index in [0.717, 1.165) is 25.8 Å². The fourth-order valence-corrected chi connectivity index (χ4v) is 4.39. The highest BCUT2D eigenvalue weighted by Crippen LogP contribution is 2.38. The predicted molar refractivity (Wildman–Crippen MR) is 128 cm³/mol. The topological polar surface area (TPSA) is 91.9 Å². The molecule has 34 heavy (non-hydrogen) atoms. The number of benzene rings is 1. The number of nitrogens with zero attached hydrogens (tertiary/aromatic N) is 2. The summed E-state index contributed by atoms with van der Waals surface area (Å²) in [5, 5.41) is 6.40. The van der Waals surface area contributed by atoms with Crippen LogP contribution >= 0.6 is 12.4 Å². The fourth-order valence-electron chi connectivity index (χ4n) is 4.39.